The van der Waals surface area contributed by atoms with Gasteiger partial charge in [0.2, 0.25) is 0 Å². The highest BCUT2D eigenvalue weighted by Gasteiger charge is 2.28. The van der Waals surface area contributed by atoms with Gasteiger partial charge < -0.3 is 9.15 Å². The topological polar surface area (TPSA) is 49.0 Å². The molecule has 12 rings (SSSR count). The fourth-order valence-corrected chi connectivity index (χ4v) is 9.91. The molecule has 0 N–H and O–H groups in total. The van der Waals surface area contributed by atoms with Crippen molar-refractivity contribution in [2.45, 2.75) is 52.4 Å². The number of fused-ring (bicyclic) bond motifs is 8. The number of pyridine rings is 1. The molecular weight excluding hydrogens is 833 g/mol. The Morgan fingerprint density at radius 3 is 1.91 bits per heavy atom. The average Bonchev–Trinajstić information content (AvgIpc) is 4.03. The first-order chi connectivity index (χ1) is 33.0. The molecule has 0 aliphatic rings. The maximum Gasteiger partial charge on any atom is 0.255 e. The largest absolute Gasteiger partial charge is 0.457 e. The lowest BCUT2D eigenvalue weighted by atomic mass is 9.82. The Morgan fingerprint density at radius 2 is 1.18 bits per heavy atom. The van der Waals surface area contributed by atoms with Crippen molar-refractivity contribution in [1.29, 1.82) is 0 Å². The summed E-state index contributed by atoms with van der Waals surface area (Å²) in [5.41, 5.74) is 15.1. The van der Waals surface area contributed by atoms with Gasteiger partial charge in [-0.3, -0.25) is 4.57 Å². The summed E-state index contributed by atoms with van der Waals surface area (Å²) in [7, 11) is 0. The highest BCUT2D eigenvalue weighted by atomic mass is 16.5. The number of para-hydroxylation sites is 3. The Bertz CT molecular complexity index is 3840. The lowest BCUT2D eigenvalue weighted by Gasteiger charge is -2.23. The van der Waals surface area contributed by atoms with E-state index >= 15 is 0 Å². The minimum absolute atomic E-state index is 0.0582. The zero-order valence-corrected chi connectivity index (χ0v) is 39.2. The number of ether oxygens (including phenoxy) is 1. The quantitative estimate of drug-likeness (QED) is 0.150. The van der Waals surface area contributed by atoms with Crippen LogP contribution in [0.15, 0.2) is 205 Å². The molecule has 0 atom stereocenters. The van der Waals surface area contributed by atoms with Crippen molar-refractivity contribution in [1.82, 2.24) is 14.1 Å². The number of hydrogen-bond donors (Lipinski definition) is 0. The van der Waals surface area contributed by atoms with Crippen LogP contribution in [0.2, 0.25) is 0 Å². The summed E-state index contributed by atoms with van der Waals surface area (Å²) in [6.45, 7) is 13.6. The Kier molecular flexibility index (Phi) is 9.52. The lowest BCUT2D eigenvalue weighted by molar-refractivity contribution is -0.566. The molecule has 0 radical (unpaired) electrons. The van der Waals surface area contributed by atoms with E-state index in [-0.39, 0.29) is 10.8 Å². The second-order valence-electron chi connectivity index (χ2n) is 19.9. The second kappa shape index (κ2) is 15.7. The third kappa shape index (κ3) is 6.94. The van der Waals surface area contributed by atoms with Crippen molar-refractivity contribution in [2.75, 3.05) is 0 Å². The minimum atomic E-state index is -0.0684. The van der Waals surface area contributed by atoms with Crippen LogP contribution in [-0.2, 0) is 10.8 Å². The fourth-order valence-electron chi connectivity index (χ4n) is 9.91. The van der Waals surface area contributed by atoms with E-state index in [1.165, 1.54) is 33.4 Å². The number of hydrogen-bond acceptors (Lipinski definition) is 3. The summed E-state index contributed by atoms with van der Waals surface area (Å²) in [5.74, 6) is 2.29. The maximum absolute atomic E-state index is 6.87. The molecule has 0 amide bonds. The van der Waals surface area contributed by atoms with Gasteiger partial charge in [0.1, 0.15) is 39.9 Å². The van der Waals surface area contributed by atoms with E-state index in [9.17, 15) is 0 Å². The van der Waals surface area contributed by atoms with Crippen molar-refractivity contribution in [3.8, 4) is 50.9 Å². The van der Waals surface area contributed by atoms with Gasteiger partial charge in [0.05, 0.1) is 16.4 Å². The third-order valence-electron chi connectivity index (χ3n) is 13.4. The van der Waals surface area contributed by atoms with E-state index < -0.39 is 0 Å². The van der Waals surface area contributed by atoms with Gasteiger partial charge in [-0.15, -0.1) is 0 Å². The molecule has 6 nitrogen and oxygen atoms in total. The zero-order valence-electron chi connectivity index (χ0n) is 39.2. The molecule has 0 saturated carbocycles. The van der Waals surface area contributed by atoms with Crippen molar-refractivity contribution < 1.29 is 13.7 Å². The van der Waals surface area contributed by atoms with Gasteiger partial charge in [0.25, 0.3) is 6.33 Å². The summed E-state index contributed by atoms with van der Waals surface area (Å²) >= 11 is 0. The number of nitrogens with zero attached hydrogens (tertiary/aromatic N) is 4. The molecular formula is C62H51N4O2+. The average molecular weight is 884 g/mol. The molecule has 4 aromatic heterocycles. The molecule has 330 valence electrons. The van der Waals surface area contributed by atoms with Gasteiger partial charge in [-0.05, 0) is 112 Å². The summed E-state index contributed by atoms with van der Waals surface area (Å²) in [6.07, 6.45) is 4.15. The number of rotatable bonds is 7. The van der Waals surface area contributed by atoms with E-state index in [0.29, 0.717) is 0 Å². The fraction of sp³-hybridized carbons (Fsp3) is 0.129. The van der Waals surface area contributed by atoms with E-state index in [2.05, 4.69) is 231 Å². The first kappa shape index (κ1) is 41.2. The van der Waals surface area contributed by atoms with Gasteiger partial charge in [0.15, 0.2) is 11.0 Å². The van der Waals surface area contributed by atoms with E-state index in [1.807, 2.05) is 24.4 Å². The molecule has 12 aromatic rings. The van der Waals surface area contributed by atoms with Crippen LogP contribution in [0.25, 0.3) is 94.2 Å². The predicted octanol–water partition coefficient (Wildman–Crippen LogP) is 16.0. The van der Waals surface area contributed by atoms with Crippen LogP contribution < -0.4 is 9.30 Å². The third-order valence-corrected chi connectivity index (χ3v) is 13.4. The smallest absolute Gasteiger partial charge is 0.255 e. The van der Waals surface area contributed by atoms with Gasteiger partial charge in [-0.1, -0.05) is 139 Å². The van der Waals surface area contributed by atoms with Crippen LogP contribution in [0.3, 0.4) is 0 Å². The van der Waals surface area contributed by atoms with Gasteiger partial charge in [-0.25, -0.2) is 4.98 Å². The molecule has 0 spiro atoms. The Hall–Kier alpha value is -8.22. The van der Waals surface area contributed by atoms with Crippen LogP contribution in [0.5, 0.6) is 11.5 Å². The first-order valence-electron chi connectivity index (χ1n) is 23.4. The highest BCUT2D eigenvalue weighted by molar-refractivity contribution is 6.24. The number of benzene rings is 8. The van der Waals surface area contributed by atoms with Crippen molar-refractivity contribution in [3.05, 3.63) is 212 Å². The van der Waals surface area contributed by atoms with Crippen LogP contribution in [0, 0.1) is 0 Å². The van der Waals surface area contributed by atoms with E-state index in [0.717, 1.165) is 83.5 Å². The standard InChI is InChI=1S/C62H51N4O2/c1-61(2,3)42-32-33-63-57(36-42)66-54-31-30-48-47-24-13-16-27-56(47)68-60(48)58(54)49-29-28-46(38-55(49)66)67-45-23-17-22-44(37-45)64-39-65(53-26-15-14-25-52(53)64)59-50(40-18-9-7-10-19-40)34-43(62(4,5)6)35-51(59)41-20-11-8-12-21-41/h7-39H,1-6H3/q+1. The Morgan fingerprint density at radius 1 is 0.515 bits per heavy atom. The second-order valence-corrected chi connectivity index (χ2v) is 19.9. The van der Waals surface area contributed by atoms with Crippen LogP contribution >= 0.6 is 0 Å². The molecule has 0 saturated heterocycles. The molecule has 4 heterocycles. The molecule has 0 bridgehead atoms. The normalized spacial score (nSPS) is 12.3. The minimum Gasteiger partial charge on any atom is -0.457 e. The molecule has 0 fully saturated rings. The van der Waals surface area contributed by atoms with Crippen LogP contribution in [-0.4, -0.2) is 14.1 Å². The number of imidazole rings is 1. The summed E-state index contributed by atoms with van der Waals surface area (Å²) < 4.78 is 20.4. The molecule has 8 aromatic carbocycles. The number of aromatic nitrogens is 4. The van der Waals surface area contributed by atoms with Crippen LogP contribution in [0.1, 0.15) is 52.7 Å². The SMILES string of the molecule is CC(C)(C)c1ccnc(-n2c3cc(Oc4cccc(-n5c[n+](-c6c(-c7ccccc7)cc(C(C)(C)C)cc6-c6ccccc6)c6ccccc65)c4)ccc3c3c4oc5ccccc5c4ccc32)c1. The Balaban J connectivity index is 1.01. The van der Waals surface area contributed by atoms with Crippen molar-refractivity contribution >= 4 is 54.8 Å². The van der Waals surface area contributed by atoms with E-state index in [4.69, 9.17) is 14.1 Å². The predicted molar refractivity (Wildman–Crippen MR) is 279 cm³/mol. The van der Waals surface area contributed by atoms with Gasteiger partial charge in [-0.2, -0.15) is 9.13 Å². The molecule has 0 aliphatic carbocycles. The summed E-state index contributed by atoms with van der Waals surface area (Å²) in [5, 5.41) is 4.31. The summed E-state index contributed by atoms with van der Waals surface area (Å²) in [4.78, 5) is 4.97. The highest BCUT2D eigenvalue weighted by Crippen LogP contribution is 2.43. The van der Waals surface area contributed by atoms with Crippen molar-refractivity contribution in [2.24, 2.45) is 0 Å². The molecule has 0 unspecified atom stereocenters. The van der Waals surface area contributed by atoms with Crippen molar-refractivity contribution in [3.63, 3.8) is 0 Å². The van der Waals surface area contributed by atoms with Gasteiger partial charge in [0, 0.05) is 45.6 Å². The molecule has 68 heavy (non-hydrogen) atoms. The Labute approximate surface area is 395 Å². The molecule has 6 heteroatoms. The van der Waals surface area contributed by atoms with Crippen LogP contribution in [0.4, 0.5) is 0 Å². The lowest BCUT2D eigenvalue weighted by Crippen LogP contribution is -2.31. The first-order valence-corrected chi connectivity index (χ1v) is 23.4. The zero-order chi connectivity index (χ0) is 46.3. The maximum atomic E-state index is 6.87. The summed E-state index contributed by atoms with van der Waals surface area (Å²) in [6, 6.07) is 66.7. The number of furan rings is 1. The monoisotopic (exact) mass is 883 g/mol. The van der Waals surface area contributed by atoms with E-state index in [1.54, 1.807) is 0 Å². The van der Waals surface area contributed by atoms with Gasteiger partial charge >= 0.3 is 0 Å². The molecule has 0 aliphatic heterocycles.